The lowest BCUT2D eigenvalue weighted by Gasteiger charge is -2.39. The molecule has 1 N–H and O–H groups in total. The topological polar surface area (TPSA) is 41.6 Å². The van der Waals surface area contributed by atoms with Crippen molar-refractivity contribution in [1.29, 1.82) is 0 Å². The number of rotatable bonds is 4. The first-order valence-electron chi connectivity index (χ1n) is 11.6. The van der Waals surface area contributed by atoms with Crippen LogP contribution in [0.1, 0.15) is 72.0 Å². The van der Waals surface area contributed by atoms with E-state index >= 15 is 0 Å². The molecule has 3 unspecified atom stereocenters. The van der Waals surface area contributed by atoms with E-state index in [4.69, 9.17) is 4.74 Å². The van der Waals surface area contributed by atoms with Gasteiger partial charge in [0.05, 0.1) is 24.4 Å². The molecule has 4 nitrogen and oxygen atoms in total. The number of allylic oxidation sites excluding steroid dienone is 2. The van der Waals surface area contributed by atoms with Gasteiger partial charge in [0.2, 0.25) is 0 Å². The van der Waals surface area contributed by atoms with Gasteiger partial charge in [-0.15, -0.1) is 0 Å². The molecule has 1 amide bonds. The Bertz CT molecular complexity index is 992. The highest BCUT2D eigenvalue weighted by Gasteiger charge is 2.40. The van der Waals surface area contributed by atoms with Crippen LogP contribution in [0.4, 0.5) is 5.69 Å². The van der Waals surface area contributed by atoms with Crippen molar-refractivity contribution in [3.05, 3.63) is 71.3 Å². The number of methoxy groups -OCH3 is 1. The number of fused-ring (bicyclic) bond motifs is 3. The summed E-state index contributed by atoms with van der Waals surface area (Å²) in [4.78, 5) is 15.6. The van der Waals surface area contributed by atoms with Crippen LogP contribution in [0, 0.1) is 5.92 Å². The van der Waals surface area contributed by atoms with Gasteiger partial charge >= 0.3 is 0 Å². The molecule has 1 aliphatic heterocycles. The SMILES string of the molecule is COc1ccccc1C1Nc2c(C(=O)N(C)C3CCCCC3)cccc2C2C=CCC21. The second kappa shape index (κ2) is 8.41. The molecule has 0 radical (unpaired) electrons. The number of hydrogen-bond acceptors (Lipinski definition) is 3. The van der Waals surface area contributed by atoms with Gasteiger partial charge in [-0.05, 0) is 42.9 Å². The molecule has 5 rings (SSSR count). The van der Waals surface area contributed by atoms with E-state index < -0.39 is 0 Å². The Morgan fingerprint density at radius 3 is 2.61 bits per heavy atom. The third-order valence-corrected chi connectivity index (χ3v) is 7.54. The number of carbonyl (C=O) groups excluding carboxylic acids is 1. The molecule has 1 heterocycles. The van der Waals surface area contributed by atoms with Gasteiger partial charge in [-0.3, -0.25) is 4.79 Å². The molecule has 0 bridgehead atoms. The summed E-state index contributed by atoms with van der Waals surface area (Å²) in [7, 11) is 3.71. The monoisotopic (exact) mass is 416 g/mol. The molecule has 2 aromatic rings. The number of carbonyl (C=O) groups is 1. The summed E-state index contributed by atoms with van der Waals surface area (Å²) in [5.74, 6) is 1.77. The Kier molecular flexibility index (Phi) is 5.47. The smallest absolute Gasteiger partial charge is 0.255 e. The fourth-order valence-corrected chi connectivity index (χ4v) is 5.86. The number of hydrogen-bond donors (Lipinski definition) is 1. The van der Waals surface area contributed by atoms with Gasteiger partial charge in [-0.25, -0.2) is 0 Å². The number of ether oxygens (including phenoxy) is 1. The zero-order chi connectivity index (χ0) is 21.4. The zero-order valence-corrected chi connectivity index (χ0v) is 18.5. The summed E-state index contributed by atoms with van der Waals surface area (Å²) >= 11 is 0. The highest BCUT2D eigenvalue weighted by Crippen LogP contribution is 2.52. The van der Waals surface area contributed by atoms with Crippen LogP contribution < -0.4 is 10.1 Å². The lowest BCUT2D eigenvalue weighted by atomic mass is 9.76. The fraction of sp³-hybridized carbons (Fsp3) is 0.444. The summed E-state index contributed by atoms with van der Waals surface area (Å²) < 4.78 is 5.69. The average Bonchev–Trinajstić information content (AvgIpc) is 3.33. The standard InChI is InChI=1S/C27H32N2O2/c1-29(18-10-4-3-5-11-18)27(30)23-16-9-15-21-19-13-8-14-20(19)25(28-26(21)23)22-12-6-7-17-24(22)31-2/h6-9,12-13,15-20,25,28H,3-5,10-11,14H2,1-2H3. The Morgan fingerprint density at radius 2 is 1.81 bits per heavy atom. The second-order valence-corrected chi connectivity index (χ2v) is 9.20. The van der Waals surface area contributed by atoms with Crippen LogP contribution in [0.2, 0.25) is 0 Å². The third-order valence-electron chi connectivity index (χ3n) is 7.54. The van der Waals surface area contributed by atoms with Crippen LogP contribution in [0.3, 0.4) is 0 Å². The lowest BCUT2D eigenvalue weighted by Crippen LogP contribution is -2.39. The van der Waals surface area contributed by atoms with Gasteiger partial charge in [0.25, 0.3) is 5.91 Å². The molecule has 3 aliphatic rings. The molecule has 2 aromatic carbocycles. The number of amides is 1. The highest BCUT2D eigenvalue weighted by atomic mass is 16.5. The first-order valence-corrected chi connectivity index (χ1v) is 11.6. The van der Waals surface area contributed by atoms with E-state index in [1.54, 1.807) is 7.11 Å². The molecule has 4 heteroatoms. The van der Waals surface area contributed by atoms with Crippen LogP contribution in [0.5, 0.6) is 5.75 Å². The van der Waals surface area contributed by atoms with Crippen molar-refractivity contribution in [2.75, 3.05) is 19.5 Å². The molecule has 1 fully saturated rings. The minimum absolute atomic E-state index is 0.109. The van der Waals surface area contributed by atoms with Crippen LogP contribution in [0.15, 0.2) is 54.6 Å². The molecule has 0 spiro atoms. The van der Waals surface area contributed by atoms with Crippen molar-refractivity contribution in [2.24, 2.45) is 5.92 Å². The van der Waals surface area contributed by atoms with Crippen LogP contribution in [-0.2, 0) is 0 Å². The number of para-hydroxylation sites is 2. The van der Waals surface area contributed by atoms with E-state index in [2.05, 4.69) is 41.7 Å². The Hall–Kier alpha value is -2.75. The van der Waals surface area contributed by atoms with Gasteiger partial charge in [-0.1, -0.05) is 61.7 Å². The Labute approximate surface area is 185 Å². The van der Waals surface area contributed by atoms with E-state index in [1.165, 1.54) is 24.8 Å². The van der Waals surface area contributed by atoms with Gasteiger partial charge in [0.15, 0.2) is 0 Å². The second-order valence-electron chi connectivity index (χ2n) is 9.20. The molecular weight excluding hydrogens is 384 g/mol. The zero-order valence-electron chi connectivity index (χ0n) is 18.5. The van der Waals surface area contributed by atoms with Crippen molar-refractivity contribution >= 4 is 11.6 Å². The summed E-state index contributed by atoms with van der Waals surface area (Å²) in [6.07, 6.45) is 11.6. The molecule has 0 aromatic heterocycles. The Morgan fingerprint density at radius 1 is 1.03 bits per heavy atom. The van der Waals surface area contributed by atoms with Gasteiger partial charge in [-0.2, -0.15) is 0 Å². The minimum atomic E-state index is 0.109. The Balaban J connectivity index is 1.53. The predicted octanol–water partition coefficient (Wildman–Crippen LogP) is 5.93. The molecule has 162 valence electrons. The summed E-state index contributed by atoms with van der Waals surface area (Å²) in [6.45, 7) is 0. The highest BCUT2D eigenvalue weighted by molar-refractivity contribution is 6.01. The molecule has 31 heavy (non-hydrogen) atoms. The molecule has 1 saturated carbocycles. The van der Waals surface area contributed by atoms with E-state index in [0.29, 0.717) is 17.9 Å². The molecular formula is C27H32N2O2. The third kappa shape index (κ3) is 3.52. The van der Waals surface area contributed by atoms with Gasteiger partial charge in [0, 0.05) is 24.6 Å². The molecule has 0 saturated heterocycles. The van der Waals surface area contributed by atoms with Crippen LogP contribution in [0.25, 0.3) is 0 Å². The fourth-order valence-electron chi connectivity index (χ4n) is 5.86. The van der Waals surface area contributed by atoms with Gasteiger partial charge < -0.3 is 15.0 Å². The van der Waals surface area contributed by atoms with E-state index in [1.807, 2.05) is 30.1 Å². The minimum Gasteiger partial charge on any atom is -0.496 e. The molecule has 2 aliphatic carbocycles. The van der Waals surface area contributed by atoms with Crippen LogP contribution in [-0.4, -0.2) is 31.0 Å². The summed E-state index contributed by atoms with van der Waals surface area (Å²) in [5.41, 5.74) is 4.20. The maximum absolute atomic E-state index is 13.6. The number of anilines is 1. The van der Waals surface area contributed by atoms with Crippen LogP contribution >= 0.6 is 0 Å². The normalized spacial score (nSPS) is 24.8. The first kappa shape index (κ1) is 20.2. The summed E-state index contributed by atoms with van der Waals surface area (Å²) in [6, 6.07) is 14.9. The van der Waals surface area contributed by atoms with E-state index in [-0.39, 0.29) is 11.9 Å². The van der Waals surface area contributed by atoms with E-state index in [9.17, 15) is 4.79 Å². The van der Waals surface area contributed by atoms with E-state index in [0.717, 1.165) is 41.8 Å². The predicted molar refractivity (Wildman–Crippen MR) is 125 cm³/mol. The van der Waals surface area contributed by atoms with Crippen molar-refractivity contribution < 1.29 is 9.53 Å². The number of nitrogens with zero attached hydrogens (tertiary/aromatic N) is 1. The first-order chi connectivity index (χ1) is 15.2. The maximum atomic E-state index is 13.6. The largest absolute Gasteiger partial charge is 0.496 e. The quantitative estimate of drug-likeness (QED) is 0.629. The van der Waals surface area contributed by atoms with Gasteiger partial charge in [0.1, 0.15) is 5.75 Å². The maximum Gasteiger partial charge on any atom is 0.255 e. The van der Waals surface area contributed by atoms with Crippen molar-refractivity contribution in [3.8, 4) is 5.75 Å². The number of nitrogens with one attached hydrogen (secondary N) is 1. The molecule has 3 atom stereocenters. The summed E-state index contributed by atoms with van der Waals surface area (Å²) in [5, 5.41) is 3.80. The lowest BCUT2D eigenvalue weighted by molar-refractivity contribution is 0.0697. The average molecular weight is 417 g/mol. The van der Waals surface area contributed by atoms with Crippen molar-refractivity contribution in [1.82, 2.24) is 4.90 Å². The number of benzene rings is 2. The van der Waals surface area contributed by atoms with Crippen molar-refractivity contribution in [3.63, 3.8) is 0 Å². The van der Waals surface area contributed by atoms with Crippen molar-refractivity contribution in [2.45, 2.75) is 56.5 Å².